The molecule has 0 aliphatic carbocycles. The Labute approximate surface area is 195 Å². The van der Waals surface area contributed by atoms with E-state index in [-0.39, 0.29) is 5.91 Å². The van der Waals surface area contributed by atoms with Gasteiger partial charge in [-0.2, -0.15) is 0 Å². The molecule has 0 unspecified atom stereocenters. The van der Waals surface area contributed by atoms with Crippen molar-refractivity contribution in [3.8, 4) is 0 Å². The topological polar surface area (TPSA) is 61.4 Å². The number of piperazine rings is 1. The number of nitrogens with one attached hydrogen (secondary N) is 1. The number of carbonyl (C=O) groups excluding carboxylic acids is 1. The van der Waals surface area contributed by atoms with E-state index in [1.54, 1.807) is 24.3 Å². The fraction of sp³-hybridized carbons (Fsp3) is 0.227. The molecule has 1 aromatic heterocycles. The molecule has 0 saturated carbocycles. The smallest absolute Gasteiger partial charge is 0.246 e. The average molecular weight is 477 g/mol. The SMILES string of the molecule is O=C(Nc1cc(Cl)cc(Cl)c1)[C@H](c1ccccc1)N1CCN(c2ccc(Cl)nn2)CC1. The number of hydrogen-bond acceptors (Lipinski definition) is 5. The highest BCUT2D eigenvalue weighted by Crippen LogP contribution is 2.27. The van der Waals surface area contributed by atoms with Crippen molar-refractivity contribution in [2.75, 3.05) is 36.4 Å². The Morgan fingerprint density at radius 1 is 0.871 bits per heavy atom. The molecule has 1 saturated heterocycles. The van der Waals surface area contributed by atoms with Crippen LogP contribution in [0.1, 0.15) is 11.6 Å². The number of halogens is 3. The van der Waals surface area contributed by atoms with Gasteiger partial charge in [0.1, 0.15) is 6.04 Å². The first-order chi connectivity index (χ1) is 15.0. The highest BCUT2D eigenvalue weighted by atomic mass is 35.5. The van der Waals surface area contributed by atoms with Crippen LogP contribution in [0, 0.1) is 0 Å². The van der Waals surface area contributed by atoms with E-state index in [0.717, 1.165) is 24.5 Å². The van der Waals surface area contributed by atoms with Gasteiger partial charge in [0.15, 0.2) is 11.0 Å². The molecule has 0 spiro atoms. The van der Waals surface area contributed by atoms with Gasteiger partial charge in [-0.15, -0.1) is 10.2 Å². The summed E-state index contributed by atoms with van der Waals surface area (Å²) in [6, 6.07) is 17.9. The van der Waals surface area contributed by atoms with Gasteiger partial charge < -0.3 is 10.2 Å². The van der Waals surface area contributed by atoms with Gasteiger partial charge in [-0.1, -0.05) is 65.1 Å². The van der Waals surface area contributed by atoms with Crippen LogP contribution >= 0.6 is 34.8 Å². The van der Waals surface area contributed by atoms with Crippen LogP contribution in [0.4, 0.5) is 11.5 Å². The van der Waals surface area contributed by atoms with Gasteiger partial charge in [-0.05, 0) is 35.9 Å². The molecule has 31 heavy (non-hydrogen) atoms. The summed E-state index contributed by atoms with van der Waals surface area (Å²) in [5.74, 6) is 0.641. The van der Waals surface area contributed by atoms with Crippen molar-refractivity contribution in [3.63, 3.8) is 0 Å². The van der Waals surface area contributed by atoms with E-state index in [0.29, 0.717) is 34.0 Å². The zero-order valence-electron chi connectivity index (χ0n) is 16.5. The Bertz CT molecular complexity index is 1020. The molecule has 1 fully saturated rings. The van der Waals surface area contributed by atoms with E-state index >= 15 is 0 Å². The molecule has 4 rings (SSSR count). The van der Waals surface area contributed by atoms with E-state index in [4.69, 9.17) is 34.8 Å². The van der Waals surface area contributed by atoms with E-state index in [9.17, 15) is 4.79 Å². The average Bonchev–Trinajstić information content (AvgIpc) is 2.75. The molecule has 1 atom stereocenters. The number of anilines is 2. The number of aromatic nitrogens is 2. The van der Waals surface area contributed by atoms with E-state index in [1.165, 1.54) is 0 Å². The van der Waals surface area contributed by atoms with Crippen LogP contribution < -0.4 is 10.2 Å². The minimum atomic E-state index is -0.447. The van der Waals surface area contributed by atoms with Crippen molar-refractivity contribution in [1.29, 1.82) is 0 Å². The van der Waals surface area contributed by atoms with E-state index in [2.05, 4.69) is 25.3 Å². The molecule has 0 radical (unpaired) electrons. The van der Waals surface area contributed by atoms with E-state index in [1.807, 2.05) is 36.4 Å². The third-order valence-corrected chi connectivity index (χ3v) is 5.75. The molecule has 1 aliphatic rings. The number of nitrogens with zero attached hydrogens (tertiary/aromatic N) is 4. The van der Waals surface area contributed by atoms with Gasteiger partial charge in [-0.25, -0.2) is 0 Å². The highest BCUT2D eigenvalue weighted by Gasteiger charge is 2.31. The first-order valence-electron chi connectivity index (χ1n) is 9.80. The van der Waals surface area contributed by atoms with Gasteiger partial charge >= 0.3 is 0 Å². The summed E-state index contributed by atoms with van der Waals surface area (Å²) in [5, 5.41) is 12.4. The summed E-state index contributed by atoms with van der Waals surface area (Å²) in [7, 11) is 0. The Hall–Kier alpha value is -2.38. The Kier molecular flexibility index (Phi) is 6.92. The first kappa shape index (κ1) is 21.8. The predicted molar refractivity (Wildman–Crippen MR) is 125 cm³/mol. The van der Waals surface area contributed by atoms with Gasteiger partial charge in [-0.3, -0.25) is 9.69 Å². The summed E-state index contributed by atoms with van der Waals surface area (Å²) in [6.45, 7) is 2.81. The lowest BCUT2D eigenvalue weighted by molar-refractivity contribution is -0.121. The van der Waals surface area contributed by atoms with Crippen LogP contribution in [-0.2, 0) is 4.79 Å². The maximum absolute atomic E-state index is 13.3. The van der Waals surface area contributed by atoms with Crippen molar-refractivity contribution < 1.29 is 4.79 Å². The van der Waals surface area contributed by atoms with Crippen molar-refractivity contribution >= 4 is 52.2 Å². The molecule has 0 bridgehead atoms. The van der Waals surface area contributed by atoms with Gasteiger partial charge in [0, 0.05) is 41.9 Å². The number of hydrogen-bond donors (Lipinski definition) is 1. The summed E-state index contributed by atoms with van der Waals surface area (Å²) in [6.07, 6.45) is 0. The second kappa shape index (κ2) is 9.83. The number of carbonyl (C=O) groups is 1. The fourth-order valence-corrected chi connectivity index (χ4v) is 4.31. The molecular formula is C22H20Cl3N5O. The number of benzene rings is 2. The van der Waals surface area contributed by atoms with Crippen LogP contribution in [-0.4, -0.2) is 47.2 Å². The Morgan fingerprint density at radius 2 is 1.55 bits per heavy atom. The highest BCUT2D eigenvalue weighted by molar-refractivity contribution is 6.35. The molecule has 160 valence electrons. The van der Waals surface area contributed by atoms with Gasteiger partial charge in [0.2, 0.25) is 5.91 Å². The molecule has 3 aromatic rings. The standard InChI is InChI=1S/C22H20Cl3N5O/c23-16-12-17(24)14-18(13-16)26-22(31)21(15-4-2-1-3-5-15)30-10-8-29(9-11-30)20-7-6-19(25)27-28-20/h1-7,12-14,21H,8-11H2,(H,26,31)/t21-/m0/s1. The summed E-state index contributed by atoms with van der Waals surface area (Å²) < 4.78 is 0. The number of rotatable bonds is 5. The lowest BCUT2D eigenvalue weighted by atomic mass is 10.0. The van der Waals surface area contributed by atoms with Crippen molar-refractivity contribution in [1.82, 2.24) is 15.1 Å². The molecule has 2 heterocycles. The molecule has 6 nitrogen and oxygen atoms in total. The summed E-state index contributed by atoms with van der Waals surface area (Å²) in [4.78, 5) is 17.6. The minimum Gasteiger partial charge on any atom is -0.353 e. The molecule has 9 heteroatoms. The van der Waals surface area contributed by atoms with E-state index < -0.39 is 6.04 Å². The molecule has 1 amide bonds. The van der Waals surface area contributed by atoms with Crippen LogP contribution in [0.5, 0.6) is 0 Å². The third-order valence-electron chi connectivity index (χ3n) is 5.12. The lowest BCUT2D eigenvalue weighted by Crippen LogP contribution is -2.50. The lowest BCUT2D eigenvalue weighted by Gasteiger charge is -2.39. The predicted octanol–water partition coefficient (Wildman–Crippen LogP) is 4.94. The molecule has 2 aromatic carbocycles. The summed E-state index contributed by atoms with van der Waals surface area (Å²) in [5.41, 5.74) is 1.49. The quantitative estimate of drug-likeness (QED) is 0.565. The second-order valence-electron chi connectivity index (χ2n) is 7.20. The second-order valence-corrected chi connectivity index (χ2v) is 8.46. The van der Waals surface area contributed by atoms with Crippen LogP contribution in [0.2, 0.25) is 15.2 Å². The zero-order chi connectivity index (χ0) is 21.8. The monoisotopic (exact) mass is 475 g/mol. The van der Waals surface area contributed by atoms with Gasteiger partial charge in [0.25, 0.3) is 0 Å². The maximum atomic E-state index is 13.3. The largest absolute Gasteiger partial charge is 0.353 e. The van der Waals surface area contributed by atoms with Crippen molar-refractivity contribution in [3.05, 3.63) is 81.4 Å². The Morgan fingerprint density at radius 3 is 2.16 bits per heavy atom. The van der Waals surface area contributed by atoms with Crippen molar-refractivity contribution in [2.45, 2.75) is 6.04 Å². The zero-order valence-corrected chi connectivity index (χ0v) is 18.8. The molecule has 1 N–H and O–H groups in total. The van der Waals surface area contributed by atoms with Crippen LogP contribution in [0.15, 0.2) is 60.7 Å². The number of amides is 1. The van der Waals surface area contributed by atoms with Crippen LogP contribution in [0.3, 0.4) is 0 Å². The minimum absolute atomic E-state index is 0.135. The third kappa shape index (κ3) is 5.46. The normalized spacial score (nSPS) is 15.5. The molecular weight excluding hydrogens is 457 g/mol. The molecule has 1 aliphatic heterocycles. The fourth-order valence-electron chi connectivity index (χ4n) is 3.69. The maximum Gasteiger partial charge on any atom is 0.246 e. The van der Waals surface area contributed by atoms with Gasteiger partial charge in [0.05, 0.1) is 0 Å². The van der Waals surface area contributed by atoms with Crippen molar-refractivity contribution in [2.24, 2.45) is 0 Å². The first-order valence-corrected chi connectivity index (χ1v) is 10.9. The summed E-state index contributed by atoms with van der Waals surface area (Å²) >= 11 is 18.0. The van der Waals surface area contributed by atoms with Crippen LogP contribution in [0.25, 0.3) is 0 Å². The Balaban J connectivity index is 1.52.